The number of aromatic nitrogens is 2. The fourth-order valence-electron chi connectivity index (χ4n) is 2.95. The molecule has 0 unspecified atom stereocenters. The smallest absolute Gasteiger partial charge is 0.265 e. The Bertz CT molecular complexity index is 1090. The first-order valence-electron chi connectivity index (χ1n) is 8.93. The van der Waals surface area contributed by atoms with Crippen molar-refractivity contribution in [3.05, 3.63) is 66.0 Å². The monoisotopic (exact) mass is 397 g/mol. The predicted molar refractivity (Wildman–Crippen MR) is 110 cm³/mol. The van der Waals surface area contributed by atoms with Gasteiger partial charge in [0.2, 0.25) is 0 Å². The molecule has 1 heterocycles. The van der Waals surface area contributed by atoms with Crippen molar-refractivity contribution in [3.8, 4) is 0 Å². The number of nitrogens with one attached hydrogen (secondary N) is 1. The summed E-state index contributed by atoms with van der Waals surface area (Å²) in [4.78, 5) is 0.217. The topological polar surface area (TPSA) is 88.7 Å². The fraction of sp³-hybridized carbons (Fsp3) is 0.250. The number of benzene rings is 2. The average molecular weight is 398 g/mol. The van der Waals surface area contributed by atoms with Gasteiger partial charge in [-0.25, -0.2) is 8.42 Å². The van der Waals surface area contributed by atoms with Crippen molar-refractivity contribution in [2.24, 2.45) is 10.2 Å². The highest BCUT2D eigenvalue weighted by Gasteiger charge is 2.25. The lowest BCUT2D eigenvalue weighted by atomic mass is 10.3. The maximum atomic E-state index is 12.9. The summed E-state index contributed by atoms with van der Waals surface area (Å²) in [5.74, 6) is 0. The molecule has 3 rings (SSSR count). The second-order valence-corrected chi connectivity index (χ2v) is 8.35. The molecule has 28 heavy (non-hydrogen) atoms. The van der Waals surface area contributed by atoms with E-state index in [1.807, 2.05) is 44.2 Å². The van der Waals surface area contributed by atoms with E-state index in [4.69, 9.17) is 0 Å². The minimum absolute atomic E-state index is 0.0805. The molecule has 0 aliphatic heterocycles. The molecule has 0 spiro atoms. The molecular formula is C20H23N5O2S. The second-order valence-electron chi connectivity index (χ2n) is 6.73. The van der Waals surface area contributed by atoms with E-state index < -0.39 is 10.0 Å². The van der Waals surface area contributed by atoms with Gasteiger partial charge in [-0.2, -0.15) is 15.3 Å². The van der Waals surface area contributed by atoms with Gasteiger partial charge < -0.3 is 0 Å². The quantitative estimate of drug-likeness (QED) is 0.573. The molecule has 2 aromatic carbocycles. The van der Waals surface area contributed by atoms with Gasteiger partial charge in [0, 0.05) is 11.7 Å². The van der Waals surface area contributed by atoms with E-state index in [1.165, 1.54) is 0 Å². The molecule has 0 aliphatic rings. The van der Waals surface area contributed by atoms with Crippen LogP contribution < -0.4 is 4.72 Å². The molecule has 1 N–H and O–H groups in total. The summed E-state index contributed by atoms with van der Waals surface area (Å²) in [6.07, 6.45) is 0. The lowest BCUT2D eigenvalue weighted by Crippen LogP contribution is -2.15. The number of anilines is 1. The number of hydrogen-bond acceptors (Lipinski definition) is 5. The highest BCUT2D eigenvalue weighted by molar-refractivity contribution is 7.92. The predicted octanol–water partition coefficient (Wildman–Crippen LogP) is 5.30. The largest absolute Gasteiger partial charge is 0.280 e. The van der Waals surface area contributed by atoms with Gasteiger partial charge in [0.25, 0.3) is 10.0 Å². The molecule has 0 bridgehead atoms. The number of rotatable bonds is 6. The van der Waals surface area contributed by atoms with Gasteiger partial charge in [0.1, 0.15) is 4.90 Å². The minimum Gasteiger partial charge on any atom is -0.280 e. The zero-order chi connectivity index (χ0) is 20.3. The Hall–Kier alpha value is -3.00. The van der Waals surface area contributed by atoms with Crippen molar-refractivity contribution in [2.75, 3.05) is 4.72 Å². The second kappa shape index (κ2) is 7.93. The van der Waals surface area contributed by atoms with Crippen molar-refractivity contribution >= 4 is 27.1 Å². The SMILES string of the molecule is Cc1nn(C(C)C)c(C)c1S(=O)(=O)Nc1ccc(N=Nc2ccccc2)cc1. The maximum absolute atomic E-state index is 12.9. The normalized spacial score (nSPS) is 12.0. The van der Waals surface area contributed by atoms with E-state index >= 15 is 0 Å². The number of hydrogen-bond donors (Lipinski definition) is 1. The van der Waals surface area contributed by atoms with Crippen LogP contribution in [-0.4, -0.2) is 18.2 Å². The Morgan fingerprint density at radius 1 is 0.929 bits per heavy atom. The number of nitrogens with zero attached hydrogens (tertiary/aromatic N) is 4. The zero-order valence-corrected chi connectivity index (χ0v) is 17.1. The molecule has 3 aromatic rings. The van der Waals surface area contributed by atoms with Crippen LogP contribution in [0.5, 0.6) is 0 Å². The summed E-state index contributed by atoms with van der Waals surface area (Å²) in [6, 6.07) is 16.2. The summed E-state index contributed by atoms with van der Waals surface area (Å²) in [7, 11) is -3.74. The third-order valence-electron chi connectivity index (χ3n) is 4.17. The van der Waals surface area contributed by atoms with Gasteiger partial charge in [-0.3, -0.25) is 9.40 Å². The molecule has 0 saturated carbocycles. The molecule has 0 atom stereocenters. The summed E-state index contributed by atoms with van der Waals surface area (Å²) >= 11 is 0. The lowest BCUT2D eigenvalue weighted by Gasteiger charge is -2.10. The Morgan fingerprint density at radius 2 is 1.50 bits per heavy atom. The Balaban J connectivity index is 1.79. The molecule has 0 aliphatic carbocycles. The molecule has 1 aromatic heterocycles. The van der Waals surface area contributed by atoms with Crippen LogP contribution in [0, 0.1) is 13.8 Å². The maximum Gasteiger partial charge on any atom is 0.265 e. The molecular weight excluding hydrogens is 374 g/mol. The van der Waals surface area contributed by atoms with Crippen LogP contribution in [0.1, 0.15) is 31.3 Å². The fourth-order valence-corrected chi connectivity index (χ4v) is 4.41. The highest BCUT2D eigenvalue weighted by atomic mass is 32.2. The van der Waals surface area contributed by atoms with Crippen molar-refractivity contribution in [2.45, 2.75) is 38.6 Å². The highest BCUT2D eigenvalue weighted by Crippen LogP contribution is 2.26. The van der Waals surface area contributed by atoms with Crippen molar-refractivity contribution in [3.63, 3.8) is 0 Å². The van der Waals surface area contributed by atoms with Crippen LogP contribution in [0.4, 0.5) is 17.1 Å². The van der Waals surface area contributed by atoms with Crippen LogP contribution >= 0.6 is 0 Å². The van der Waals surface area contributed by atoms with Gasteiger partial charge in [-0.05, 0) is 64.1 Å². The standard InChI is InChI=1S/C20H23N5O2S/c1-14(2)25-16(4)20(15(3)23-25)28(26,27)24-19-12-10-18(11-13-19)22-21-17-8-6-5-7-9-17/h5-14,24H,1-4H3. The molecule has 0 saturated heterocycles. The van der Waals surface area contributed by atoms with E-state index in [0.29, 0.717) is 22.8 Å². The van der Waals surface area contributed by atoms with Crippen molar-refractivity contribution in [1.29, 1.82) is 0 Å². The first-order chi connectivity index (χ1) is 13.3. The van der Waals surface area contributed by atoms with Crippen LogP contribution in [0.25, 0.3) is 0 Å². The Kier molecular flexibility index (Phi) is 5.60. The van der Waals surface area contributed by atoms with Crippen LogP contribution in [0.3, 0.4) is 0 Å². The third kappa shape index (κ3) is 4.28. The van der Waals surface area contributed by atoms with Gasteiger partial charge >= 0.3 is 0 Å². The first-order valence-corrected chi connectivity index (χ1v) is 10.4. The lowest BCUT2D eigenvalue weighted by molar-refractivity contribution is 0.514. The molecule has 0 radical (unpaired) electrons. The minimum atomic E-state index is -3.74. The van der Waals surface area contributed by atoms with Gasteiger partial charge in [0.15, 0.2) is 0 Å². The summed E-state index contributed by atoms with van der Waals surface area (Å²) < 4.78 is 30.1. The summed E-state index contributed by atoms with van der Waals surface area (Å²) in [5, 5.41) is 12.7. The summed E-state index contributed by atoms with van der Waals surface area (Å²) in [6.45, 7) is 7.40. The summed E-state index contributed by atoms with van der Waals surface area (Å²) in [5.41, 5.74) is 2.93. The van der Waals surface area contributed by atoms with Crippen LogP contribution in [-0.2, 0) is 10.0 Å². The number of aryl methyl sites for hydroxylation is 1. The zero-order valence-electron chi connectivity index (χ0n) is 16.3. The van der Waals surface area contributed by atoms with Crippen molar-refractivity contribution < 1.29 is 8.42 Å². The van der Waals surface area contributed by atoms with Crippen LogP contribution in [0.2, 0.25) is 0 Å². The Morgan fingerprint density at radius 3 is 2.04 bits per heavy atom. The number of azo groups is 1. The molecule has 8 heteroatoms. The van der Waals surface area contributed by atoms with E-state index in [2.05, 4.69) is 20.0 Å². The van der Waals surface area contributed by atoms with Gasteiger partial charge in [-0.15, -0.1) is 0 Å². The number of sulfonamides is 1. The van der Waals surface area contributed by atoms with E-state index in [0.717, 1.165) is 5.69 Å². The molecule has 146 valence electrons. The van der Waals surface area contributed by atoms with E-state index in [-0.39, 0.29) is 10.9 Å². The van der Waals surface area contributed by atoms with Gasteiger partial charge in [0.05, 0.1) is 22.8 Å². The van der Waals surface area contributed by atoms with Crippen molar-refractivity contribution in [1.82, 2.24) is 9.78 Å². The first kappa shape index (κ1) is 19.8. The van der Waals surface area contributed by atoms with E-state index in [9.17, 15) is 8.42 Å². The van der Waals surface area contributed by atoms with Crippen LogP contribution in [0.15, 0.2) is 69.7 Å². The molecule has 7 nitrogen and oxygen atoms in total. The third-order valence-corrected chi connectivity index (χ3v) is 5.81. The Labute approximate surface area is 165 Å². The van der Waals surface area contributed by atoms with Gasteiger partial charge in [-0.1, -0.05) is 18.2 Å². The molecule has 0 fully saturated rings. The van der Waals surface area contributed by atoms with E-state index in [1.54, 1.807) is 42.8 Å². The molecule has 0 amide bonds. The average Bonchev–Trinajstić information content (AvgIpc) is 2.97.